The van der Waals surface area contributed by atoms with Crippen LogP contribution in [0.1, 0.15) is 47.7 Å². The van der Waals surface area contributed by atoms with E-state index >= 15 is 0 Å². The average molecular weight is 290 g/mol. The summed E-state index contributed by atoms with van der Waals surface area (Å²) in [6.45, 7) is 4.17. The molecule has 1 aliphatic rings. The van der Waals surface area contributed by atoms with Gasteiger partial charge in [-0.05, 0) is 31.5 Å². The van der Waals surface area contributed by atoms with E-state index < -0.39 is 0 Å². The maximum atomic E-state index is 12.3. The normalized spacial score (nSPS) is 17.9. The Morgan fingerprint density at radius 2 is 1.90 bits per heavy atom. The molecule has 20 heavy (non-hydrogen) atoms. The van der Waals surface area contributed by atoms with Crippen molar-refractivity contribution in [3.8, 4) is 0 Å². The van der Waals surface area contributed by atoms with Crippen molar-refractivity contribution in [2.45, 2.75) is 25.9 Å². The molecule has 4 nitrogen and oxygen atoms in total. The second kappa shape index (κ2) is 4.63. The fraction of sp³-hybridized carbons (Fsp3) is 0.333. The molecule has 1 atom stereocenters. The van der Waals surface area contributed by atoms with E-state index in [0.717, 1.165) is 11.3 Å². The molecule has 0 spiro atoms. The van der Waals surface area contributed by atoms with E-state index in [2.05, 4.69) is 23.4 Å². The molecule has 1 aromatic heterocycles. The number of rotatable bonds is 2. The van der Waals surface area contributed by atoms with E-state index in [9.17, 15) is 4.79 Å². The van der Waals surface area contributed by atoms with Gasteiger partial charge in [0.1, 0.15) is 0 Å². The fourth-order valence-corrected chi connectivity index (χ4v) is 2.84. The van der Waals surface area contributed by atoms with Crippen molar-refractivity contribution in [1.29, 1.82) is 0 Å². The Hall–Kier alpha value is -1.81. The molecule has 0 aliphatic carbocycles. The summed E-state index contributed by atoms with van der Waals surface area (Å²) in [7, 11) is 1.81. The number of aromatic nitrogens is 2. The summed E-state index contributed by atoms with van der Waals surface area (Å²) in [5.74, 6) is -0.0284. The van der Waals surface area contributed by atoms with Crippen LogP contribution in [0.2, 0.25) is 5.02 Å². The largest absolute Gasteiger partial charge is 0.329 e. The van der Waals surface area contributed by atoms with Gasteiger partial charge in [-0.1, -0.05) is 23.7 Å². The van der Waals surface area contributed by atoms with Gasteiger partial charge in [0.15, 0.2) is 5.69 Å². The summed E-state index contributed by atoms with van der Waals surface area (Å²) < 4.78 is 2.07. The maximum Gasteiger partial charge on any atom is 0.275 e. The van der Waals surface area contributed by atoms with E-state index in [4.69, 9.17) is 11.6 Å². The van der Waals surface area contributed by atoms with Crippen LogP contribution < -0.4 is 0 Å². The van der Waals surface area contributed by atoms with Crippen molar-refractivity contribution in [1.82, 2.24) is 14.5 Å². The van der Waals surface area contributed by atoms with E-state index in [1.165, 1.54) is 0 Å². The lowest BCUT2D eigenvalue weighted by Gasteiger charge is -2.23. The summed E-state index contributed by atoms with van der Waals surface area (Å²) >= 11 is 5.95. The molecule has 1 amide bonds. The van der Waals surface area contributed by atoms with Gasteiger partial charge in [0, 0.05) is 18.1 Å². The summed E-state index contributed by atoms with van der Waals surface area (Å²) in [5.41, 5.74) is 2.57. The molecule has 104 valence electrons. The van der Waals surface area contributed by atoms with Gasteiger partial charge in [0.25, 0.3) is 5.91 Å². The summed E-state index contributed by atoms with van der Waals surface area (Å²) in [6, 6.07) is 7.79. The number of benzene rings is 1. The third kappa shape index (κ3) is 1.83. The number of halogens is 1. The molecule has 0 fully saturated rings. The van der Waals surface area contributed by atoms with Crippen LogP contribution >= 0.6 is 11.6 Å². The Kier molecular flexibility index (Phi) is 3.05. The molecule has 0 radical (unpaired) electrons. The molecular formula is C15H16ClN3O. The first-order valence-corrected chi connectivity index (χ1v) is 6.98. The van der Waals surface area contributed by atoms with Crippen molar-refractivity contribution in [3.63, 3.8) is 0 Å². The zero-order valence-corrected chi connectivity index (χ0v) is 12.4. The first kappa shape index (κ1) is 13.2. The number of hydrogen-bond acceptors (Lipinski definition) is 2. The lowest BCUT2D eigenvalue weighted by molar-refractivity contribution is 0.0786. The topological polar surface area (TPSA) is 38.1 Å². The van der Waals surface area contributed by atoms with Crippen LogP contribution in [0.15, 0.2) is 30.6 Å². The lowest BCUT2D eigenvalue weighted by Crippen LogP contribution is -2.25. The molecular weight excluding hydrogens is 274 g/mol. The molecule has 0 saturated heterocycles. The molecule has 1 aromatic carbocycles. The Labute approximate surface area is 123 Å². The monoisotopic (exact) mass is 289 g/mol. The Bertz CT molecular complexity index is 660. The van der Waals surface area contributed by atoms with Crippen LogP contribution in [0, 0.1) is 0 Å². The lowest BCUT2D eigenvalue weighted by atomic mass is 10.0. The predicted molar refractivity (Wildman–Crippen MR) is 78.0 cm³/mol. The van der Waals surface area contributed by atoms with Gasteiger partial charge in [-0.2, -0.15) is 0 Å². The molecule has 3 rings (SSSR count). The molecule has 2 aromatic rings. The van der Waals surface area contributed by atoms with Gasteiger partial charge >= 0.3 is 0 Å². The zero-order valence-electron chi connectivity index (χ0n) is 11.7. The van der Waals surface area contributed by atoms with Gasteiger partial charge < -0.3 is 9.47 Å². The van der Waals surface area contributed by atoms with Gasteiger partial charge in [-0.25, -0.2) is 4.98 Å². The quantitative estimate of drug-likeness (QED) is 0.851. The summed E-state index contributed by atoms with van der Waals surface area (Å²) in [6.07, 6.45) is 1.75. The van der Waals surface area contributed by atoms with Crippen molar-refractivity contribution < 1.29 is 4.79 Å². The van der Waals surface area contributed by atoms with Crippen LogP contribution in [-0.4, -0.2) is 27.4 Å². The maximum absolute atomic E-state index is 12.3. The minimum Gasteiger partial charge on any atom is -0.329 e. The molecule has 2 heterocycles. The zero-order chi connectivity index (χ0) is 14.4. The standard InChI is InChI=1S/C15H16ClN3O/c1-9(2)19-8-17-12-14(19)13(18(3)15(12)20)10-4-6-11(16)7-5-10/h4-9,13H,1-3H3. The SMILES string of the molecule is CC(C)n1cnc2c1C(c1ccc(Cl)cc1)N(C)C2=O. The van der Waals surface area contributed by atoms with Gasteiger partial charge in [0.2, 0.25) is 0 Å². The highest BCUT2D eigenvalue weighted by atomic mass is 35.5. The minimum absolute atomic E-state index is 0.0284. The van der Waals surface area contributed by atoms with Crippen molar-refractivity contribution in [2.24, 2.45) is 0 Å². The molecule has 0 saturated carbocycles. The smallest absolute Gasteiger partial charge is 0.275 e. The van der Waals surface area contributed by atoms with Gasteiger partial charge in [-0.15, -0.1) is 0 Å². The third-order valence-corrected chi connectivity index (χ3v) is 4.00. The number of nitrogens with zero attached hydrogens (tertiary/aromatic N) is 3. The fourth-order valence-electron chi connectivity index (χ4n) is 2.71. The second-order valence-corrected chi connectivity index (χ2v) is 5.79. The highest BCUT2D eigenvalue weighted by Crippen LogP contribution is 2.38. The van der Waals surface area contributed by atoms with Crippen LogP contribution in [0.4, 0.5) is 0 Å². The molecule has 5 heteroatoms. The summed E-state index contributed by atoms with van der Waals surface area (Å²) in [4.78, 5) is 18.3. The predicted octanol–water partition coefficient (Wildman–Crippen LogP) is 3.29. The third-order valence-electron chi connectivity index (χ3n) is 3.74. The van der Waals surface area contributed by atoms with E-state index in [1.807, 2.05) is 31.3 Å². The second-order valence-electron chi connectivity index (χ2n) is 5.35. The highest BCUT2D eigenvalue weighted by Gasteiger charge is 2.39. The van der Waals surface area contributed by atoms with Crippen LogP contribution in [0.25, 0.3) is 0 Å². The molecule has 0 bridgehead atoms. The average Bonchev–Trinajstić information content (AvgIpc) is 2.93. The van der Waals surface area contributed by atoms with Gasteiger partial charge in [-0.3, -0.25) is 4.79 Å². The minimum atomic E-state index is -0.0975. The first-order chi connectivity index (χ1) is 9.50. The molecule has 1 aliphatic heterocycles. The van der Waals surface area contributed by atoms with Crippen molar-refractivity contribution in [3.05, 3.63) is 52.6 Å². The Morgan fingerprint density at radius 1 is 1.25 bits per heavy atom. The van der Waals surface area contributed by atoms with E-state index in [0.29, 0.717) is 10.7 Å². The number of carbonyl (C=O) groups is 1. The number of imidazole rings is 1. The highest BCUT2D eigenvalue weighted by molar-refractivity contribution is 6.30. The van der Waals surface area contributed by atoms with Crippen LogP contribution in [-0.2, 0) is 0 Å². The number of hydrogen-bond donors (Lipinski definition) is 0. The van der Waals surface area contributed by atoms with Crippen molar-refractivity contribution in [2.75, 3.05) is 7.05 Å². The number of amides is 1. The molecule has 0 N–H and O–H groups in total. The van der Waals surface area contributed by atoms with Crippen molar-refractivity contribution >= 4 is 17.5 Å². The van der Waals surface area contributed by atoms with Crippen LogP contribution in [0.5, 0.6) is 0 Å². The number of carbonyl (C=O) groups excluding carboxylic acids is 1. The Balaban J connectivity index is 2.15. The van der Waals surface area contributed by atoms with Gasteiger partial charge in [0.05, 0.1) is 18.1 Å². The van der Waals surface area contributed by atoms with E-state index in [-0.39, 0.29) is 18.0 Å². The Morgan fingerprint density at radius 3 is 2.50 bits per heavy atom. The van der Waals surface area contributed by atoms with E-state index in [1.54, 1.807) is 11.2 Å². The van der Waals surface area contributed by atoms with Crippen LogP contribution in [0.3, 0.4) is 0 Å². The first-order valence-electron chi connectivity index (χ1n) is 6.60. The summed E-state index contributed by atoms with van der Waals surface area (Å²) in [5, 5.41) is 0.693. The number of fused-ring (bicyclic) bond motifs is 1. The molecule has 1 unspecified atom stereocenters.